The Labute approximate surface area is 149 Å². The van der Waals surface area contributed by atoms with E-state index in [1.807, 2.05) is 27.1 Å². The van der Waals surface area contributed by atoms with Crippen LogP contribution in [0.5, 0.6) is 0 Å². The predicted molar refractivity (Wildman–Crippen MR) is 92.5 cm³/mol. The summed E-state index contributed by atoms with van der Waals surface area (Å²) >= 11 is 1.56. The van der Waals surface area contributed by atoms with Crippen LogP contribution in [0.25, 0.3) is 4.96 Å². The van der Waals surface area contributed by atoms with Crippen LogP contribution in [-0.4, -0.2) is 68.9 Å². The fraction of sp³-hybridized carbons (Fsp3) is 0.647. The van der Waals surface area contributed by atoms with Gasteiger partial charge >= 0.3 is 0 Å². The summed E-state index contributed by atoms with van der Waals surface area (Å²) in [6.45, 7) is 1.57. The molecular formula is C17H23N3O4S. The minimum atomic E-state index is -0.367. The topological polar surface area (TPSA) is 87.3 Å². The number of aliphatic hydroxyl groups is 2. The maximum absolute atomic E-state index is 12.6. The van der Waals surface area contributed by atoms with Crippen molar-refractivity contribution in [1.82, 2.24) is 14.3 Å². The van der Waals surface area contributed by atoms with Crippen molar-refractivity contribution in [1.29, 1.82) is 0 Å². The Balaban J connectivity index is 1.34. The number of hydrogen-bond acceptors (Lipinski definition) is 6. The van der Waals surface area contributed by atoms with Crippen LogP contribution in [0.2, 0.25) is 0 Å². The number of carbonyl (C=O) groups excluding carboxylic acids is 1. The highest BCUT2D eigenvalue weighted by molar-refractivity contribution is 7.15. The van der Waals surface area contributed by atoms with E-state index in [1.165, 1.54) is 0 Å². The van der Waals surface area contributed by atoms with Gasteiger partial charge in [0.25, 0.3) is 0 Å². The van der Waals surface area contributed by atoms with E-state index in [0.717, 1.165) is 23.5 Å². The van der Waals surface area contributed by atoms with Crippen molar-refractivity contribution < 1.29 is 19.7 Å². The van der Waals surface area contributed by atoms with Crippen LogP contribution in [-0.2, 0) is 16.0 Å². The number of fused-ring (bicyclic) bond motifs is 1. The van der Waals surface area contributed by atoms with Gasteiger partial charge < -0.3 is 19.8 Å². The number of aliphatic hydroxyl groups excluding tert-OH is 2. The van der Waals surface area contributed by atoms with Crippen LogP contribution >= 0.6 is 11.3 Å². The summed E-state index contributed by atoms with van der Waals surface area (Å²) in [5, 5.41) is 21.2. The second-order valence-electron chi connectivity index (χ2n) is 6.95. The van der Waals surface area contributed by atoms with Crippen molar-refractivity contribution >= 4 is 22.2 Å². The van der Waals surface area contributed by atoms with Gasteiger partial charge in [-0.1, -0.05) is 0 Å². The second-order valence-corrected chi connectivity index (χ2v) is 7.82. The Kier molecular flexibility index (Phi) is 4.53. The van der Waals surface area contributed by atoms with Crippen LogP contribution in [0.3, 0.4) is 0 Å². The molecule has 4 rings (SSSR count). The summed E-state index contributed by atoms with van der Waals surface area (Å²) < 4.78 is 7.62. The van der Waals surface area contributed by atoms with E-state index in [-0.39, 0.29) is 30.1 Å². The fourth-order valence-corrected chi connectivity index (χ4v) is 4.83. The van der Waals surface area contributed by atoms with Gasteiger partial charge in [-0.3, -0.25) is 9.20 Å². The van der Waals surface area contributed by atoms with Gasteiger partial charge in [0.2, 0.25) is 5.91 Å². The molecule has 136 valence electrons. The van der Waals surface area contributed by atoms with E-state index in [9.17, 15) is 9.90 Å². The van der Waals surface area contributed by atoms with E-state index in [0.29, 0.717) is 32.5 Å². The molecule has 1 saturated carbocycles. The summed E-state index contributed by atoms with van der Waals surface area (Å²) in [5.74, 6) is 0.0854. The molecule has 8 heteroatoms. The lowest BCUT2D eigenvalue weighted by atomic mass is 9.58. The molecule has 2 aromatic rings. The molecule has 1 aliphatic heterocycles. The molecule has 2 N–H and O–H groups in total. The molecule has 3 heterocycles. The Hall–Kier alpha value is -1.48. The lowest BCUT2D eigenvalue weighted by molar-refractivity contribution is -0.213. The molecular weight excluding hydrogens is 342 g/mol. The first-order valence-corrected chi connectivity index (χ1v) is 9.60. The largest absolute Gasteiger partial charge is 0.394 e. The lowest BCUT2D eigenvalue weighted by Crippen LogP contribution is -2.63. The minimum Gasteiger partial charge on any atom is -0.394 e. The molecule has 25 heavy (non-hydrogen) atoms. The number of rotatable bonds is 5. The fourth-order valence-electron chi connectivity index (χ4n) is 4.11. The maximum Gasteiger partial charge on any atom is 0.228 e. The standard InChI is InChI=1S/C17H23N3O4S/c21-6-7-24-14-10-13(22)17(14)1-3-19(4-2-17)15(23)9-12-11-20-5-8-25-16(20)18-12/h5,8,11,13-14,21-22H,1-4,6-7,9-10H2/t13-,14+/m1/s1. The third-order valence-electron chi connectivity index (χ3n) is 5.68. The average molecular weight is 365 g/mol. The van der Waals surface area contributed by atoms with Gasteiger partial charge in [-0.15, -0.1) is 11.3 Å². The predicted octanol–water partition coefficient (Wildman–Crippen LogP) is 0.689. The molecule has 2 fully saturated rings. The minimum absolute atomic E-state index is 0.00457. The van der Waals surface area contributed by atoms with Gasteiger partial charge in [0, 0.05) is 42.7 Å². The number of nitrogens with zero attached hydrogens (tertiary/aromatic N) is 3. The van der Waals surface area contributed by atoms with E-state index < -0.39 is 0 Å². The quantitative estimate of drug-likeness (QED) is 0.814. The number of thiazole rings is 1. The molecule has 0 radical (unpaired) electrons. The number of likely N-dealkylation sites (tertiary alicyclic amines) is 1. The van der Waals surface area contributed by atoms with Crippen molar-refractivity contribution in [3.05, 3.63) is 23.5 Å². The highest BCUT2D eigenvalue weighted by Crippen LogP contribution is 2.50. The summed E-state index contributed by atoms with van der Waals surface area (Å²) in [5.41, 5.74) is 0.549. The lowest BCUT2D eigenvalue weighted by Gasteiger charge is -2.56. The number of piperidine rings is 1. The van der Waals surface area contributed by atoms with Gasteiger partial charge in [-0.05, 0) is 12.8 Å². The van der Waals surface area contributed by atoms with E-state index in [1.54, 1.807) is 11.3 Å². The van der Waals surface area contributed by atoms with Crippen LogP contribution in [0.1, 0.15) is 25.0 Å². The van der Waals surface area contributed by atoms with Gasteiger partial charge in [0.15, 0.2) is 4.96 Å². The van der Waals surface area contributed by atoms with Gasteiger partial charge in [-0.2, -0.15) is 0 Å². The Morgan fingerprint density at radius 3 is 2.92 bits per heavy atom. The number of imidazole rings is 1. The molecule has 1 saturated heterocycles. The molecule has 2 aliphatic rings. The number of aromatic nitrogens is 2. The van der Waals surface area contributed by atoms with Crippen molar-refractivity contribution in [2.75, 3.05) is 26.3 Å². The van der Waals surface area contributed by atoms with E-state index >= 15 is 0 Å². The van der Waals surface area contributed by atoms with Crippen LogP contribution in [0.15, 0.2) is 17.8 Å². The van der Waals surface area contributed by atoms with Gasteiger partial charge in [-0.25, -0.2) is 4.98 Å². The first-order chi connectivity index (χ1) is 12.1. The summed E-state index contributed by atoms with van der Waals surface area (Å²) in [6, 6.07) is 0. The molecule has 2 atom stereocenters. The van der Waals surface area contributed by atoms with Gasteiger partial charge in [0.1, 0.15) is 0 Å². The number of ether oxygens (including phenoxy) is 1. The van der Waals surface area contributed by atoms with Crippen molar-refractivity contribution in [2.45, 2.75) is 37.9 Å². The Bertz CT molecular complexity index is 721. The summed E-state index contributed by atoms with van der Waals surface area (Å²) in [6.07, 6.45) is 5.90. The zero-order valence-electron chi connectivity index (χ0n) is 14.0. The highest BCUT2D eigenvalue weighted by Gasteiger charge is 2.56. The molecule has 0 bridgehead atoms. The van der Waals surface area contributed by atoms with E-state index in [2.05, 4.69) is 4.98 Å². The first kappa shape index (κ1) is 17.0. The van der Waals surface area contributed by atoms with Crippen molar-refractivity contribution in [3.8, 4) is 0 Å². The molecule has 7 nitrogen and oxygen atoms in total. The number of amides is 1. The van der Waals surface area contributed by atoms with E-state index in [4.69, 9.17) is 9.84 Å². The smallest absolute Gasteiger partial charge is 0.228 e. The highest BCUT2D eigenvalue weighted by atomic mass is 32.1. The van der Waals surface area contributed by atoms with Crippen LogP contribution in [0.4, 0.5) is 0 Å². The summed E-state index contributed by atoms with van der Waals surface area (Å²) in [4.78, 5) is 19.8. The van der Waals surface area contributed by atoms with Crippen LogP contribution in [0, 0.1) is 5.41 Å². The normalized spacial score (nSPS) is 25.4. The Morgan fingerprint density at radius 1 is 1.44 bits per heavy atom. The van der Waals surface area contributed by atoms with Crippen LogP contribution < -0.4 is 0 Å². The SMILES string of the molecule is O=C(Cc1cn2ccsc2n1)N1CCC2(CC1)[C@H](O)C[C@@H]2OCCO. The number of hydrogen-bond donors (Lipinski definition) is 2. The molecule has 1 spiro atoms. The Morgan fingerprint density at radius 2 is 2.24 bits per heavy atom. The third-order valence-corrected chi connectivity index (χ3v) is 6.45. The zero-order valence-corrected chi connectivity index (χ0v) is 14.8. The zero-order chi connectivity index (χ0) is 17.4. The van der Waals surface area contributed by atoms with Crippen molar-refractivity contribution in [3.63, 3.8) is 0 Å². The molecule has 2 aromatic heterocycles. The van der Waals surface area contributed by atoms with Gasteiger partial charge in [0.05, 0.1) is 37.5 Å². The average Bonchev–Trinajstić information content (AvgIpc) is 3.20. The van der Waals surface area contributed by atoms with Crippen molar-refractivity contribution in [2.24, 2.45) is 5.41 Å². The second kappa shape index (κ2) is 6.68. The summed E-state index contributed by atoms with van der Waals surface area (Å²) in [7, 11) is 0. The monoisotopic (exact) mass is 365 g/mol. The maximum atomic E-state index is 12.6. The molecule has 0 unspecified atom stereocenters. The molecule has 1 aliphatic carbocycles. The third kappa shape index (κ3) is 2.97. The number of carbonyl (C=O) groups is 1. The molecule has 1 amide bonds. The first-order valence-electron chi connectivity index (χ1n) is 8.72. The molecule has 0 aromatic carbocycles.